The van der Waals surface area contributed by atoms with Crippen LogP contribution in [0.25, 0.3) is 0 Å². The molecule has 146 valence electrons. The molecule has 0 aromatic heterocycles. The third-order valence-electron chi connectivity index (χ3n) is 5.30. The lowest BCUT2D eigenvalue weighted by atomic mass is 10.0. The molecule has 2 atom stereocenters. The van der Waals surface area contributed by atoms with E-state index in [9.17, 15) is 18.0 Å². The fourth-order valence-electron chi connectivity index (χ4n) is 3.87. The summed E-state index contributed by atoms with van der Waals surface area (Å²) >= 11 is 0. The number of nitrogens with zero attached hydrogens (tertiary/aromatic N) is 1. The average Bonchev–Trinajstić information content (AvgIpc) is 3.20. The zero-order valence-electron chi connectivity index (χ0n) is 15.3. The molecule has 0 unspecified atom stereocenters. The maximum absolute atomic E-state index is 13.2. The summed E-state index contributed by atoms with van der Waals surface area (Å²) in [4.78, 5) is 26.8. The van der Waals surface area contributed by atoms with Crippen LogP contribution in [0.15, 0.2) is 54.6 Å². The van der Waals surface area contributed by atoms with Crippen LogP contribution in [0, 0.1) is 0 Å². The number of cyclic esters (lactones) is 1. The molecule has 6 nitrogen and oxygen atoms in total. The van der Waals surface area contributed by atoms with Gasteiger partial charge >= 0.3 is 5.97 Å². The number of amides is 1. The van der Waals surface area contributed by atoms with Crippen molar-refractivity contribution in [3.8, 4) is 0 Å². The number of fused-ring (bicyclic) bond motifs is 1. The second-order valence-electron chi connectivity index (χ2n) is 7.25. The molecule has 2 aromatic rings. The molecular weight excluding hydrogens is 378 g/mol. The van der Waals surface area contributed by atoms with Crippen LogP contribution < -0.4 is 0 Å². The number of hydrogen-bond acceptors (Lipinski definition) is 5. The summed E-state index contributed by atoms with van der Waals surface area (Å²) in [6, 6.07) is 16.2. The Morgan fingerprint density at radius 1 is 1.07 bits per heavy atom. The Balaban J connectivity index is 1.56. The van der Waals surface area contributed by atoms with Gasteiger partial charge in [-0.1, -0.05) is 48.5 Å². The zero-order chi connectivity index (χ0) is 19.7. The largest absolute Gasteiger partial charge is 0.453 e. The van der Waals surface area contributed by atoms with Crippen LogP contribution in [0.3, 0.4) is 0 Å². The molecule has 28 heavy (non-hydrogen) atoms. The Bertz CT molecular complexity index is 1000. The maximum Gasteiger partial charge on any atom is 0.339 e. The highest BCUT2D eigenvalue weighted by Gasteiger charge is 2.38. The molecule has 1 fully saturated rings. The molecule has 2 aromatic carbocycles. The summed E-state index contributed by atoms with van der Waals surface area (Å²) in [7, 11) is -3.13. The van der Waals surface area contributed by atoms with Crippen molar-refractivity contribution in [3.63, 3.8) is 0 Å². The molecule has 0 N–H and O–H groups in total. The zero-order valence-corrected chi connectivity index (χ0v) is 16.1. The van der Waals surface area contributed by atoms with Crippen molar-refractivity contribution >= 4 is 21.7 Å². The smallest absolute Gasteiger partial charge is 0.339 e. The number of hydrogen-bond donors (Lipinski definition) is 0. The molecule has 0 bridgehead atoms. The molecule has 0 radical (unpaired) electrons. The topological polar surface area (TPSA) is 80.8 Å². The van der Waals surface area contributed by atoms with Crippen molar-refractivity contribution in [1.82, 2.24) is 4.90 Å². The summed E-state index contributed by atoms with van der Waals surface area (Å²) < 4.78 is 29.3. The molecule has 0 aliphatic carbocycles. The highest BCUT2D eigenvalue weighted by molar-refractivity contribution is 7.91. The van der Waals surface area contributed by atoms with Crippen LogP contribution in [0.5, 0.6) is 0 Å². The van der Waals surface area contributed by atoms with E-state index in [1.165, 1.54) is 0 Å². The SMILES string of the molecule is O=C1O[C@H](CC(=O)N(Cc2ccccc2)[C@H]2CCS(=O)(=O)C2)c2ccccc21. The van der Waals surface area contributed by atoms with E-state index in [0.29, 0.717) is 24.1 Å². The molecule has 2 aliphatic heterocycles. The first-order chi connectivity index (χ1) is 13.4. The van der Waals surface area contributed by atoms with Crippen LogP contribution in [0.4, 0.5) is 0 Å². The highest BCUT2D eigenvalue weighted by Crippen LogP contribution is 2.34. The number of rotatable bonds is 5. The monoisotopic (exact) mass is 399 g/mol. The van der Waals surface area contributed by atoms with Crippen LogP contribution in [-0.4, -0.2) is 42.7 Å². The van der Waals surface area contributed by atoms with Crippen LogP contribution in [0.2, 0.25) is 0 Å². The third-order valence-corrected chi connectivity index (χ3v) is 7.05. The van der Waals surface area contributed by atoms with Crippen molar-refractivity contribution in [3.05, 3.63) is 71.3 Å². The van der Waals surface area contributed by atoms with Crippen molar-refractivity contribution in [1.29, 1.82) is 0 Å². The molecule has 0 spiro atoms. The lowest BCUT2D eigenvalue weighted by Crippen LogP contribution is -2.41. The van der Waals surface area contributed by atoms with Crippen molar-refractivity contribution < 1.29 is 22.7 Å². The van der Waals surface area contributed by atoms with Gasteiger partial charge in [-0.3, -0.25) is 4.79 Å². The quantitative estimate of drug-likeness (QED) is 0.722. The van der Waals surface area contributed by atoms with Gasteiger partial charge in [0, 0.05) is 18.2 Å². The summed E-state index contributed by atoms with van der Waals surface area (Å²) in [6.07, 6.45) is -0.193. The fraction of sp³-hybridized carbons (Fsp3) is 0.333. The van der Waals surface area contributed by atoms with Crippen LogP contribution in [-0.2, 0) is 25.9 Å². The van der Waals surface area contributed by atoms with E-state index in [0.717, 1.165) is 5.56 Å². The molecule has 1 amide bonds. The number of ether oxygens (including phenoxy) is 1. The molecule has 2 heterocycles. The predicted molar refractivity (Wildman–Crippen MR) is 103 cm³/mol. The summed E-state index contributed by atoms with van der Waals surface area (Å²) in [5.74, 6) is -0.559. The molecule has 7 heteroatoms. The first-order valence-electron chi connectivity index (χ1n) is 9.27. The lowest BCUT2D eigenvalue weighted by molar-refractivity contribution is -0.135. The van der Waals surface area contributed by atoms with Gasteiger partial charge in [-0.2, -0.15) is 0 Å². The Kier molecular flexibility index (Phi) is 4.93. The Hall–Kier alpha value is -2.67. The maximum atomic E-state index is 13.2. The number of carbonyl (C=O) groups excluding carboxylic acids is 2. The van der Waals surface area contributed by atoms with Gasteiger partial charge in [0.2, 0.25) is 5.91 Å². The van der Waals surface area contributed by atoms with Crippen molar-refractivity contribution in [2.45, 2.75) is 31.5 Å². The second-order valence-corrected chi connectivity index (χ2v) is 9.48. The molecule has 2 aliphatic rings. The standard InChI is InChI=1S/C21H21NO5S/c23-20(12-19-17-8-4-5-9-18(17)21(24)27-19)22(13-15-6-2-1-3-7-15)16-10-11-28(25,26)14-16/h1-9,16,19H,10-14H2/t16-,19+/m0/s1. The summed E-state index contributed by atoms with van der Waals surface area (Å²) in [5.41, 5.74) is 2.13. The van der Waals surface area contributed by atoms with E-state index in [1.54, 1.807) is 23.1 Å². The number of carbonyl (C=O) groups is 2. The second kappa shape index (κ2) is 7.39. The number of esters is 1. The number of sulfone groups is 1. The van der Waals surface area contributed by atoms with E-state index >= 15 is 0 Å². The van der Waals surface area contributed by atoms with Gasteiger partial charge in [0.1, 0.15) is 6.10 Å². The van der Waals surface area contributed by atoms with Gasteiger partial charge in [0.05, 0.1) is 23.5 Å². The van der Waals surface area contributed by atoms with Gasteiger partial charge in [-0.15, -0.1) is 0 Å². The summed E-state index contributed by atoms with van der Waals surface area (Å²) in [6.45, 7) is 0.335. The Morgan fingerprint density at radius 3 is 2.50 bits per heavy atom. The first-order valence-corrected chi connectivity index (χ1v) is 11.1. The van der Waals surface area contributed by atoms with E-state index in [-0.39, 0.29) is 29.9 Å². The first kappa shape index (κ1) is 18.7. The van der Waals surface area contributed by atoms with Gasteiger partial charge in [-0.25, -0.2) is 13.2 Å². The van der Waals surface area contributed by atoms with Crippen molar-refractivity contribution in [2.24, 2.45) is 0 Å². The molecule has 1 saturated heterocycles. The highest BCUT2D eigenvalue weighted by atomic mass is 32.2. The third kappa shape index (κ3) is 3.80. The minimum Gasteiger partial charge on any atom is -0.453 e. The van der Waals surface area contributed by atoms with Crippen LogP contribution in [0.1, 0.15) is 40.4 Å². The van der Waals surface area contributed by atoms with Gasteiger partial charge in [0.25, 0.3) is 0 Å². The fourth-order valence-corrected chi connectivity index (χ4v) is 5.60. The minimum atomic E-state index is -3.13. The van der Waals surface area contributed by atoms with E-state index in [4.69, 9.17) is 4.74 Å². The van der Waals surface area contributed by atoms with E-state index in [1.807, 2.05) is 36.4 Å². The van der Waals surface area contributed by atoms with Gasteiger partial charge in [-0.05, 0) is 18.1 Å². The Morgan fingerprint density at radius 2 is 1.79 bits per heavy atom. The van der Waals surface area contributed by atoms with Crippen LogP contribution >= 0.6 is 0 Å². The normalized spacial score (nSPS) is 22.5. The lowest BCUT2D eigenvalue weighted by Gasteiger charge is -2.29. The Labute approximate surface area is 164 Å². The minimum absolute atomic E-state index is 0.00609. The van der Waals surface area contributed by atoms with E-state index in [2.05, 4.69) is 0 Å². The number of benzene rings is 2. The van der Waals surface area contributed by atoms with Gasteiger partial charge < -0.3 is 9.64 Å². The average molecular weight is 399 g/mol. The van der Waals surface area contributed by atoms with Crippen molar-refractivity contribution in [2.75, 3.05) is 11.5 Å². The van der Waals surface area contributed by atoms with E-state index < -0.39 is 21.9 Å². The van der Waals surface area contributed by atoms with Gasteiger partial charge in [0.15, 0.2) is 9.84 Å². The summed E-state index contributed by atoms with van der Waals surface area (Å²) in [5, 5.41) is 0. The molecular formula is C21H21NO5S. The molecule has 0 saturated carbocycles. The predicted octanol–water partition coefficient (Wildman–Crippen LogP) is 2.50. The molecule has 4 rings (SSSR count).